The van der Waals surface area contributed by atoms with E-state index in [1.165, 1.54) is 38.5 Å². The lowest BCUT2D eigenvalue weighted by molar-refractivity contribution is 0.303. The Morgan fingerprint density at radius 3 is 2.43 bits per heavy atom. The van der Waals surface area contributed by atoms with Gasteiger partial charge in [0.2, 0.25) is 0 Å². The standard InChI is InChI=1S/C17H35N3O/c1-14(15-10-6-4-5-7-11-15)19-13-9-8-12-17(2,3)16(18)20-21/h14-15,19,21H,4-13H2,1-3H3,(H2,18,20)/t14-/m1/s1. The van der Waals surface area contributed by atoms with Crippen molar-refractivity contribution in [2.24, 2.45) is 22.2 Å². The largest absolute Gasteiger partial charge is 0.409 e. The maximum absolute atomic E-state index is 8.76. The molecule has 1 atom stereocenters. The van der Waals surface area contributed by atoms with E-state index in [1.54, 1.807) is 0 Å². The van der Waals surface area contributed by atoms with Gasteiger partial charge in [0.1, 0.15) is 5.84 Å². The zero-order chi connectivity index (χ0) is 15.7. The highest BCUT2D eigenvalue weighted by molar-refractivity contribution is 5.85. The Morgan fingerprint density at radius 1 is 1.24 bits per heavy atom. The molecule has 21 heavy (non-hydrogen) atoms. The molecule has 0 amide bonds. The summed E-state index contributed by atoms with van der Waals surface area (Å²) in [4.78, 5) is 0. The van der Waals surface area contributed by atoms with Crippen molar-refractivity contribution < 1.29 is 5.21 Å². The van der Waals surface area contributed by atoms with Crippen LogP contribution >= 0.6 is 0 Å². The van der Waals surface area contributed by atoms with E-state index in [0.717, 1.165) is 31.7 Å². The Morgan fingerprint density at radius 2 is 1.86 bits per heavy atom. The summed E-state index contributed by atoms with van der Waals surface area (Å²) in [6.45, 7) is 7.48. The van der Waals surface area contributed by atoms with Crippen molar-refractivity contribution in [1.29, 1.82) is 0 Å². The van der Waals surface area contributed by atoms with Crippen LogP contribution in [0.25, 0.3) is 0 Å². The minimum Gasteiger partial charge on any atom is -0.409 e. The molecule has 0 aromatic carbocycles. The summed E-state index contributed by atoms with van der Waals surface area (Å²) in [6.07, 6.45) is 11.7. The van der Waals surface area contributed by atoms with Gasteiger partial charge in [-0.25, -0.2) is 0 Å². The van der Waals surface area contributed by atoms with Gasteiger partial charge < -0.3 is 16.3 Å². The van der Waals surface area contributed by atoms with Gasteiger partial charge in [0.15, 0.2) is 0 Å². The van der Waals surface area contributed by atoms with Crippen LogP contribution in [0.3, 0.4) is 0 Å². The molecule has 1 aliphatic carbocycles. The maximum atomic E-state index is 8.76. The van der Waals surface area contributed by atoms with E-state index >= 15 is 0 Å². The zero-order valence-electron chi connectivity index (χ0n) is 14.2. The van der Waals surface area contributed by atoms with Crippen LogP contribution in [-0.4, -0.2) is 23.6 Å². The zero-order valence-corrected chi connectivity index (χ0v) is 14.2. The second kappa shape index (κ2) is 9.29. The first kappa shape index (κ1) is 18.3. The molecular formula is C17H35N3O. The van der Waals surface area contributed by atoms with Gasteiger partial charge in [-0.15, -0.1) is 0 Å². The van der Waals surface area contributed by atoms with Gasteiger partial charge in [-0.1, -0.05) is 51.1 Å². The lowest BCUT2D eigenvalue weighted by Crippen LogP contribution is -2.34. The third-order valence-corrected chi connectivity index (χ3v) is 5.10. The molecular weight excluding hydrogens is 262 g/mol. The molecule has 0 aromatic heterocycles. The average Bonchev–Trinajstić information content (AvgIpc) is 2.74. The van der Waals surface area contributed by atoms with Crippen LogP contribution in [0, 0.1) is 11.3 Å². The maximum Gasteiger partial charge on any atom is 0.144 e. The van der Waals surface area contributed by atoms with Crippen molar-refractivity contribution in [3.63, 3.8) is 0 Å². The molecule has 1 saturated carbocycles. The molecule has 1 fully saturated rings. The third-order valence-electron chi connectivity index (χ3n) is 5.10. The first-order valence-electron chi connectivity index (χ1n) is 8.69. The fourth-order valence-electron chi connectivity index (χ4n) is 3.26. The number of hydrogen-bond acceptors (Lipinski definition) is 3. The van der Waals surface area contributed by atoms with Crippen molar-refractivity contribution in [3.8, 4) is 0 Å². The third kappa shape index (κ3) is 6.68. The Labute approximate surface area is 130 Å². The molecule has 0 aromatic rings. The number of rotatable bonds is 8. The van der Waals surface area contributed by atoms with Crippen LogP contribution in [0.5, 0.6) is 0 Å². The summed E-state index contributed by atoms with van der Waals surface area (Å²) in [6, 6.07) is 0.639. The molecule has 0 heterocycles. The second-order valence-corrected chi connectivity index (χ2v) is 7.32. The first-order chi connectivity index (χ1) is 9.97. The summed E-state index contributed by atoms with van der Waals surface area (Å²) in [7, 11) is 0. The highest BCUT2D eigenvalue weighted by Gasteiger charge is 2.23. The average molecular weight is 297 g/mol. The van der Waals surface area contributed by atoms with Crippen LogP contribution in [0.1, 0.15) is 78.6 Å². The number of nitrogens with zero attached hydrogens (tertiary/aromatic N) is 1. The second-order valence-electron chi connectivity index (χ2n) is 7.32. The number of unbranched alkanes of at least 4 members (excludes halogenated alkanes) is 1. The van der Waals surface area contributed by atoms with Crippen LogP contribution in [0.2, 0.25) is 0 Å². The Bertz CT molecular complexity index is 307. The van der Waals surface area contributed by atoms with Gasteiger partial charge in [-0.05, 0) is 45.1 Å². The molecule has 4 N–H and O–H groups in total. The van der Waals surface area contributed by atoms with Crippen LogP contribution < -0.4 is 11.1 Å². The number of nitrogens with two attached hydrogens (primary N) is 1. The number of amidine groups is 1. The van der Waals surface area contributed by atoms with Crippen molar-refractivity contribution >= 4 is 5.84 Å². The quantitative estimate of drug-likeness (QED) is 0.159. The molecule has 4 heteroatoms. The Kier molecular flexibility index (Phi) is 8.09. The predicted molar refractivity (Wildman–Crippen MR) is 89.7 cm³/mol. The summed E-state index contributed by atoms with van der Waals surface area (Å²) in [5, 5.41) is 15.6. The fourth-order valence-corrected chi connectivity index (χ4v) is 3.26. The number of hydrogen-bond donors (Lipinski definition) is 3. The van der Waals surface area contributed by atoms with E-state index in [9.17, 15) is 0 Å². The van der Waals surface area contributed by atoms with Gasteiger partial charge >= 0.3 is 0 Å². The topological polar surface area (TPSA) is 70.6 Å². The smallest absolute Gasteiger partial charge is 0.144 e. The van der Waals surface area contributed by atoms with E-state index in [0.29, 0.717) is 11.9 Å². The fraction of sp³-hybridized carbons (Fsp3) is 0.941. The van der Waals surface area contributed by atoms with Crippen molar-refractivity contribution in [2.45, 2.75) is 84.6 Å². The lowest BCUT2D eigenvalue weighted by atomic mass is 9.86. The normalized spacial score (nSPS) is 20.2. The predicted octanol–water partition coefficient (Wildman–Crippen LogP) is 3.88. The molecule has 0 saturated heterocycles. The Balaban J connectivity index is 2.16. The van der Waals surface area contributed by atoms with E-state index < -0.39 is 0 Å². The van der Waals surface area contributed by atoms with Gasteiger partial charge in [0.25, 0.3) is 0 Å². The van der Waals surface area contributed by atoms with E-state index in [2.05, 4.69) is 17.4 Å². The summed E-state index contributed by atoms with van der Waals surface area (Å²) < 4.78 is 0. The summed E-state index contributed by atoms with van der Waals surface area (Å²) in [5.41, 5.74) is 5.50. The summed E-state index contributed by atoms with van der Waals surface area (Å²) >= 11 is 0. The highest BCUT2D eigenvalue weighted by atomic mass is 16.4. The molecule has 0 radical (unpaired) electrons. The monoisotopic (exact) mass is 297 g/mol. The van der Waals surface area contributed by atoms with E-state index in [-0.39, 0.29) is 5.41 Å². The highest BCUT2D eigenvalue weighted by Crippen LogP contribution is 2.26. The van der Waals surface area contributed by atoms with E-state index in [4.69, 9.17) is 10.9 Å². The molecule has 1 rings (SSSR count). The molecule has 4 nitrogen and oxygen atoms in total. The van der Waals surface area contributed by atoms with Crippen LogP contribution in [-0.2, 0) is 0 Å². The van der Waals surface area contributed by atoms with Crippen molar-refractivity contribution in [1.82, 2.24) is 5.32 Å². The molecule has 1 aliphatic rings. The van der Waals surface area contributed by atoms with Crippen LogP contribution in [0.15, 0.2) is 5.16 Å². The molecule has 0 unspecified atom stereocenters. The number of oxime groups is 1. The molecule has 0 spiro atoms. The Hall–Kier alpha value is -0.770. The van der Waals surface area contributed by atoms with E-state index in [1.807, 2.05) is 13.8 Å². The van der Waals surface area contributed by atoms with Crippen molar-refractivity contribution in [3.05, 3.63) is 0 Å². The molecule has 0 bridgehead atoms. The molecule has 124 valence electrons. The molecule has 0 aliphatic heterocycles. The minimum absolute atomic E-state index is 0.207. The SMILES string of the molecule is C[C@@H](NCCCCC(C)(C)C(N)=NO)C1CCCCCC1. The van der Waals surface area contributed by atoms with Gasteiger partial charge in [-0.3, -0.25) is 0 Å². The first-order valence-corrected chi connectivity index (χ1v) is 8.69. The lowest BCUT2D eigenvalue weighted by Gasteiger charge is -2.25. The number of nitrogens with one attached hydrogen (secondary N) is 1. The van der Waals surface area contributed by atoms with Crippen LogP contribution in [0.4, 0.5) is 0 Å². The van der Waals surface area contributed by atoms with Gasteiger partial charge in [-0.2, -0.15) is 0 Å². The van der Waals surface area contributed by atoms with Crippen molar-refractivity contribution in [2.75, 3.05) is 6.54 Å². The van der Waals surface area contributed by atoms with Gasteiger partial charge in [0, 0.05) is 11.5 Å². The minimum atomic E-state index is -0.207. The summed E-state index contributed by atoms with van der Waals surface area (Å²) in [5.74, 6) is 1.20. The van der Waals surface area contributed by atoms with Gasteiger partial charge in [0.05, 0.1) is 0 Å².